The Morgan fingerprint density at radius 3 is 0.820 bits per heavy atom. The van der Waals surface area contributed by atoms with Crippen molar-refractivity contribution in [3.8, 4) is 72.7 Å². The second-order valence-corrected chi connectivity index (χ2v) is 33.4. The van der Waals surface area contributed by atoms with Crippen molar-refractivity contribution in [3.05, 3.63) is 464 Å². The van der Waals surface area contributed by atoms with Gasteiger partial charge in [0.05, 0.1) is 38.5 Å². The molecule has 0 aliphatic heterocycles. The summed E-state index contributed by atoms with van der Waals surface area (Å²) in [6.45, 7) is 6.86. The van der Waals surface area contributed by atoms with Crippen LogP contribution in [-0.2, 0) is 10.8 Å². The first kappa shape index (κ1) is 73.2. The standard InChI is InChI=1S/C50H34N2.C40H32N2.C26H22N2/c1-51(35-14-4-2-5-15-35)37-26-29-49-43(32-37)42-30-33(25-28-48(42)52(49)36-16-6-3-7-17-36)34-24-27-41-40-20-10-13-23-46(40)50(47(41)31-34)44-21-11-8-18-38(44)39-19-9-12-22-45(39)50;1-40(2)36-17-11-10-16-32(36)33-21-18-28(25-37(33)40)27-19-22-38-34(24-27)35-26-31(41(3)29-12-6-4-7-13-29)20-23-39(35)42(38)30-14-8-5-9-15-30;1-19-13-15-25-23(17-19)24-18-22(27(2)20-9-5-3-6-10-20)14-16-26(24)28(25)21-11-7-4-8-12-21/h2-32H,1H3;4-26H,1-3H3;3-18H,1-2H3. The summed E-state index contributed by atoms with van der Waals surface area (Å²) in [6, 6.07) is 155. The number of anilines is 6. The van der Waals surface area contributed by atoms with Gasteiger partial charge in [-0.15, -0.1) is 0 Å². The van der Waals surface area contributed by atoms with Gasteiger partial charge in [-0.1, -0.05) is 268 Å². The molecule has 0 saturated heterocycles. The van der Waals surface area contributed by atoms with E-state index in [-0.39, 0.29) is 10.8 Å². The van der Waals surface area contributed by atoms with E-state index in [0.717, 1.165) is 17.1 Å². The van der Waals surface area contributed by atoms with Crippen molar-refractivity contribution in [2.24, 2.45) is 0 Å². The molecule has 0 unspecified atom stereocenters. The first-order chi connectivity index (χ1) is 59.9. The summed E-state index contributed by atoms with van der Waals surface area (Å²) in [7, 11) is 6.41. The van der Waals surface area contributed by atoms with E-state index in [0.29, 0.717) is 0 Å². The van der Waals surface area contributed by atoms with Crippen LogP contribution in [0.15, 0.2) is 425 Å². The van der Waals surface area contributed by atoms with E-state index < -0.39 is 0 Å². The van der Waals surface area contributed by atoms with Crippen LogP contribution in [-0.4, -0.2) is 34.8 Å². The maximum Gasteiger partial charge on any atom is 0.0725 e. The number of nitrogens with zero attached hydrogens (tertiary/aromatic N) is 6. The molecule has 3 heterocycles. The van der Waals surface area contributed by atoms with Gasteiger partial charge in [-0.2, -0.15) is 0 Å². The molecule has 0 amide bonds. The Labute approximate surface area is 712 Å². The molecule has 0 fully saturated rings. The van der Waals surface area contributed by atoms with Gasteiger partial charge in [-0.25, -0.2) is 0 Å². The number of rotatable bonds is 11. The maximum absolute atomic E-state index is 2.49. The van der Waals surface area contributed by atoms with Gasteiger partial charge >= 0.3 is 0 Å². The Kier molecular flexibility index (Phi) is 17.6. The molecule has 122 heavy (non-hydrogen) atoms. The lowest BCUT2D eigenvalue weighted by Gasteiger charge is -2.30. The highest BCUT2D eigenvalue weighted by Crippen LogP contribution is 2.63. The van der Waals surface area contributed by atoms with Gasteiger partial charge < -0.3 is 28.4 Å². The van der Waals surface area contributed by atoms with E-state index in [2.05, 4.69) is 495 Å². The maximum atomic E-state index is 2.49. The van der Waals surface area contributed by atoms with Gasteiger partial charge in [0.2, 0.25) is 0 Å². The van der Waals surface area contributed by atoms with Crippen LogP contribution in [0.2, 0.25) is 0 Å². The zero-order chi connectivity index (χ0) is 81.9. The van der Waals surface area contributed by atoms with Crippen LogP contribution < -0.4 is 14.7 Å². The number of hydrogen-bond acceptors (Lipinski definition) is 3. The molecule has 24 rings (SSSR count). The van der Waals surface area contributed by atoms with Crippen molar-refractivity contribution < 1.29 is 0 Å². The summed E-state index contributed by atoms with van der Waals surface area (Å²) >= 11 is 0. The van der Waals surface area contributed by atoms with Crippen LogP contribution in [0.25, 0.3) is 138 Å². The SMILES string of the molecule is CN(c1ccccc1)c1ccc2c(c1)c1cc(-c3ccc4c(c3)C(C)(C)c3ccccc3-4)ccc1n2-c1ccccc1.CN(c1ccccc1)c1ccc2c(c1)c1cc(-c3ccc4c(c3)C3(c5ccccc5-c5ccccc53)c3ccccc3-4)ccc1n2-c1ccccc1.Cc1ccc2c(c1)c1cc(N(C)c3ccccc3)ccc1n2-c1ccccc1. The zero-order valence-corrected chi connectivity index (χ0v) is 69.1. The van der Waals surface area contributed by atoms with E-state index in [4.69, 9.17) is 0 Å². The fourth-order valence-electron chi connectivity index (χ4n) is 20.3. The second-order valence-electron chi connectivity index (χ2n) is 33.4. The Balaban J connectivity index is 0.000000114. The highest BCUT2D eigenvalue weighted by molar-refractivity contribution is 6.14. The lowest BCUT2D eigenvalue weighted by Crippen LogP contribution is -2.25. The highest BCUT2D eigenvalue weighted by atomic mass is 15.1. The summed E-state index contributed by atoms with van der Waals surface area (Å²) in [5.41, 5.74) is 40.0. The third-order valence-corrected chi connectivity index (χ3v) is 26.3. The molecular weight excluding hydrogens is 1480 g/mol. The largest absolute Gasteiger partial charge is 0.345 e. The predicted molar refractivity (Wildman–Crippen MR) is 515 cm³/mol. The molecule has 582 valence electrons. The van der Waals surface area contributed by atoms with Crippen molar-refractivity contribution >= 4 is 99.5 Å². The molecule has 18 aromatic carbocycles. The van der Waals surface area contributed by atoms with E-state index in [1.165, 1.54) is 194 Å². The number of benzene rings is 18. The normalized spacial score (nSPS) is 12.8. The third-order valence-electron chi connectivity index (χ3n) is 26.3. The number of fused-ring (bicyclic) bond motifs is 22. The number of aryl methyl sites for hydroxylation is 1. The number of aromatic nitrogens is 3. The molecule has 6 nitrogen and oxygen atoms in total. The molecule has 0 bridgehead atoms. The molecule has 0 N–H and O–H groups in total. The van der Waals surface area contributed by atoms with E-state index >= 15 is 0 Å². The number of para-hydroxylation sites is 6. The lowest BCUT2D eigenvalue weighted by atomic mass is 9.70. The van der Waals surface area contributed by atoms with Crippen LogP contribution in [0.1, 0.15) is 52.8 Å². The summed E-state index contributed by atoms with van der Waals surface area (Å²) < 4.78 is 7.15. The summed E-state index contributed by atoms with van der Waals surface area (Å²) in [4.78, 5) is 6.76. The van der Waals surface area contributed by atoms with Crippen molar-refractivity contribution in [2.45, 2.75) is 31.6 Å². The topological polar surface area (TPSA) is 24.5 Å². The minimum absolute atomic E-state index is 0.0215. The monoisotopic (exact) mass is 1560 g/mol. The molecule has 3 aliphatic rings. The van der Waals surface area contributed by atoms with E-state index in [1.54, 1.807) is 0 Å². The van der Waals surface area contributed by atoms with Crippen LogP contribution in [0.5, 0.6) is 0 Å². The smallest absolute Gasteiger partial charge is 0.0725 e. The van der Waals surface area contributed by atoms with Gasteiger partial charge in [-0.3, -0.25) is 0 Å². The average molecular weight is 1570 g/mol. The average Bonchev–Trinajstić information content (AvgIpc) is 1.51. The molecule has 0 radical (unpaired) electrons. The second kappa shape index (κ2) is 29.4. The van der Waals surface area contributed by atoms with Crippen molar-refractivity contribution in [1.82, 2.24) is 13.7 Å². The minimum atomic E-state index is -0.362. The Morgan fingerprint density at radius 2 is 0.451 bits per heavy atom. The van der Waals surface area contributed by atoms with Crippen molar-refractivity contribution in [1.29, 1.82) is 0 Å². The van der Waals surface area contributed by atoms with Crippen LogP contribution in [0.4, 0.5) is 34.1 Å². The zero-order valence-electron chi connectivity index (χ0n) is 69.1. The fourth-order valence-corrected chi connectivity index (χ4v) is 20.3. The summed E-state index contributed by atoms with van der Waals surface area (Å²) in [5, 5.41) is 7.58. The van der Waals surface area contributed by atoms with E-state index in [1.807, 2.05) is 0 Å². The molecule has 3 aliphatic carbocycles. The van der Waals surface area contributed by atoms with Gasteiger partial charge in [0, 0.05) is 110 Å². The first-order valence-corrected chi connectivity index (χ1v) is 42.4. The van der Waals surface area contributed by atoms with Crippen molar-refractivity contribution in [2.75, 3.05) is 35.8 Å². The van der Waals surface area contributed by atoms with Crippen molar-refractivity contribution in [3.63, 3.8) is 0 Å². The van der Waals surface area contributed by atoms with Crippen LogP contribution in [0, 0.1) is 6.92 Å². The molecule has 6 heteroatoms. The lowest BCUT2D eigenvalue weighted by molar-refractivity contribution is 0.660. The Morgan fingerprint density at radius 1 is 0.197 bits per heavy atom. The molecule has 21 aromatic rings. The first-order valence-electron chi connectivity index (χ1n) is 42.4. The van der Waals surface area contributed by atoms with Crippen LogP contribution >= 0.6 is 0 Å². The number of hydrogen-bond donors (Lipinski definition) is 0. The van der Waals surface area contributed by atoms with Gasteiger partial charge in [-0.05, 0) is 272 Å². The Hall–Kier alpha value is -15.2. The van der Waals surface area contributed by atoms with Gasteiger partial charge in [0.15, 0.2) is 0 Å². The molecule has 1 spiro atoms. The summed E-state index contributed by atoms with van der Waals surface area (Å²) in [5.74, 6) is 0. The molecule has 0 saturated carbocycles. The summed E-state index contributed by atoms with van der Waals surface area (Å²) in [6.07, 6.45) is 0. The predicted octanol–water partition coefficient (Wildman–Crippen LogP) is 29.9. The van der Waals surface area contributed by atoms with Gasteiger partial charge in [0.25, 0.3) is 0 Å². The molecule has 0 atom stereocenters. The molecule has 3 aromatic heterocycles. The van der Waals surface area contributed by atoms with E-state index in [9.17, 15) is 0 Å². The van der Waals surface area contributed by atoms with Gasteiger partial charge in [0.1, 0.15) is 0 Å². The Bertz CT molecular complexity index is 7580. The highest BCUT2D eigenvalue weighted by Gasteiger charge is 2.51. The minimum Gasteiger partial charge on any atom is -0.345 e. The molecular formula is C116H88N6. The van der Waals surface area contributed by atoms with Crippen LogP contribution in [0.3, 0.4) is 0 Å². The third kappa shape index (κ3) is 11.8. The fraction of sp³-hybridized carbons (Fsp3) is 0.0690. The quantitative estimate of drug-likeness (QED) is 0.129.